The molecule has 1 saturated carbocycles. The van der Waals surface area contributed by atoms with Crippen molar-refractivity contribution in [3.8, 4) is 0 Å². The van der Waals surface area contributed by atoms with Crippen molar-refractivity contribution in [1.29, 1.82) is 0 Å². The average molecular weight is 234 g/mol. The predicted octanol–water partition coefficient (Wildman–Crippen LogP) is 3.32. The summed E-state index contributed by atoms with van der Waals surface area (Å²) in [6.07, 6.45) is 8.46. The number of carbonyl (C=O) groups is 1. The Morgan fingerprint density at radius 3 is 2.82 bits per heavy atom. The molecule has 0 spiro atoms. The lowest BCUT2D eigenvalue weighted by atomic mass is 9.74. The minimum atomic E-state index is 0.0400. The number of allylic oxidation sites excluding steroid dienone is 1. The molecular weight excluding hydrogens is 212 g/mol. The van der Waals surface area contributed by atoms with Crippen LogP contribution in [0.1, 0.15) is 46.0 Å². The smallest absolute Gasteiger partial charge is 0.309 e. The van der Waals surface area contributed by atoms with Gasteiger partial charge in [0.05, 0.1) is 5.92 Å². The summed E-state index contributed by atoms with van der Waals surface area (Å²) < 4.78 is 5.76. The topological polar surface area (TPSA) is 26.3 Å². The second-order valence-electron chi connectivity index (χ2n) is 6.11. The summed E-state index contributed by atoms with van der Waals surface area (Å²) in [4.78, 5) is 12.0. The van der Waals surface area contributed by atoms with Gasteiger partial charge in [-0.05, 0) is 49.5 Å². The highest BCUT2D eigenvalue weighted by atomic mass is 16.5. The van der Waals surface area contributed by atoms with E-state index in [4.69, 9.17) is 4.74 Å². The van der Waals surface area contributed by atoms with E-state index in [-0.39, 0.29) is 18.0 Å². The Kier molecular flexibility index (Phi) is 2.76. The highest BCUT2D eigenvalue weighted by Crippen LogP contribution is 2.49. The summed E-state index contributed by atoms with van der Waals surface area (Å²) in [5.74, 6) is 2.02. The maximum Gasteiger partial charge on any atom is 0.309 e. The Labute approximate surface area is 103 Å². The maximum atomic E-state index is 12.0. The number of rotatable bonds is 1. The van der Waals surface area contributed by atoms with Crippen molar-refractivity contribution in [1.82, 2.24) is 0 Å². The van der Waals surface area contributed by atoms with Crippen molar-refractivity contribution in [2.45, 2.75) is 52.1 Å². The van der Waals surface area contributed by atoms with Crippen LogP contribution in [0.2, 0.25) is 0 Å². The molecule has 0 N–H and O–H groups in total. The molecule has 0 aromatic carbocycles. The first-order valence-electron chi connectivity index (χ1n) is 7.08. The SMILES string of the molecule is C[C@@H]1CC[C@@H]2[C@H]1[C@H](C1=CCCC1)OC(=O)[C@H]2C. The van der Waals surface area contributed by atoms with Gasteiger partial charge in [0.25, 0.3) is 0 Å². The van der Waals surface area contributed by atoms with Crippen molar-refractivity contribution < 1.29 is 9.53 Å². The molecule has 2 aliphatic carbocycles. The average Bonchev–Trinajstić information content (AvgIpc) is 2.93. The largest absolute Gasteiger partial charge is 0.457 e. The van der Waals surface area contributed by atoms with E-state index in [1.54, 1.807) is 0 Å². The van der Waals surface area contributed by atoms with Crippen molar-refractivity contribution in [2.75, 3.05) is 0 Å². The fourth-order valence-electron chi connectivity index (χ4n) is 4.13. The maximum absolute atomic E-state index is 12.0. The predicted molar refractivity (Wildman–Crippen MR) is 66.4 cm³/mol. The molecule has 0 bridgehead atoms. The first-order valence-corrected chi connectivity index (χ1v) is 7.08. The van der Waals surface area contributed by atoms with Gasteiger partial charge in [-0.25, -0.2) is 0 Å². The van der Waals surface area contributed by atoms with E-state index >= 15 is 0 Å². The van der Waals surface area contributed by atoms with Gasteiger partial charge in [-0.1, -0.05) is 19.9 Å². The Bertz CT molecular complexity index is 358. The molecule has 0 aromatic heterocycles. The Morgan fingerprint density at radius 1 is 1.29 bits per heavy atom. The number of cyclic esters (lactones) is 1. The molecule has 17 heavy (non-hydrogen) atoms. The summed E-state index contributed by atoms with van der Waals surface area (Å²) in [7, 11) is 0. The highest BCUT2D eigenvalue weighted by molar-refractivity contribution is 5.74. The standard InChI is InChI=1S/C15H22O2/c1-9-7-8-12-10(2)15(16)17-14(13(9)12)11-5-3-4-6-11/h5,9-10,12-14H,3-4,6-8H2,1-2H3/t9-,10+,12+,13+,14+/m1/s1. The zero-order chi connectivity index (χ0) is 12.0. The molecular formula is C15H22O2. The van der Waals surface area contributed by atoms with Gasteiger partial charge in [0.1, 0.15) is 6.10 Å². The van der Waals surface area contributed by atoms with E-state index in [9.17, 15) is 4.79 Å². The van der Waals surface area contributed by atoms with Crippen molar-refractivity contribution >= 4 is 5.97 Å². The summed E-state index contributed by atoms with van der Waals surface area (Å²) >= 11 is 0. The molecule has 3 aliphatic rings. The van der Waals surface area contributed by atoms with Crippen LogP contribution in [0.5, 0.6) is 0 Å². The van der Waals surface area contributed by atoms with Crippen LogP contribution in [0, 0.1) is 23.7 Å². The molecule has 2 heteroatoms. The summed E-state index contributed by atoms with van der Waals surface area (Å²) in [6.45, 7) is 4.39. The number of fused-ring (bicyclic) bond motifs is 1. The molecule has 0 unspecified atom stereocenters. The van der Waals surface area contributed by atoms with E-state index in [1.165, 1.54) is 31.3 Å². The third-order valence-corrected chi connectivity index (χ3v) is 5.16. The lowest BCUT2D eigenvalue weighted by Gasteiger charge is -2.39. The van der Waals surface area contributed by atoms with Gasteiger partial charge in [0.15, 0.2) is 0 Å². The van der Waals surface area contributed by atoms with Crippen molar-refractivity contribution in [2.24, 2.45) is 23.7 Å². The number of esters is 1. The Morgan fingerprint density at radius 2 is 2.12 bits per heavy atom. The summed E-state index contributed by atoms with van der Waals surface area (Å²) in [5, 5.41) is 0. The van der Waals surface area contributed by atoms with Gasteiger partial charge in [0, 0.05) is 5.92 Å². The van der Waals surface area contributed by atoms with Crippen LogP contribution in [0.3, 0.4) is 0 Å². The Balaban J connectivity index is 1.89. The molecule has 1 saturated heterocycles. The molecule has 2 nitrogen and oxygen atoms in total. The lowest BCUT2D eigenvalue weighted by molar-refractivity contribution is -0.167. The van der Waals surface area contributed by atoms with Gasteiger partial charge in [-0.15, -0.1) is 0 Å². The first-order chi connectivity index (χ1) is 8.18. The van der Waals surface area contributed by atoms with Gasteiger partial charge in [0.2, 0.25) is 0 Å². The molecule has 0 amide bonds. The number of carbonyl (C=O) groups excluding carboxylic acids is 1. The Hall–Kier alpha value is -0.790. The third kappa shape index (κ3) is 1.73. The molecule has 1 heterocycles. The van der Waals surface area contributed by atoms with E-state index in [0.29, 0.717) is 17.8 Å². The van der Waals surface area contributed by atoms with Crippen LogP contribution >= 0.6 is 0 Å². The molecule has 2 fully saturated rings. The molecule has 1 aliphatic heterocycles. The molecule has 0 aromatic rings. The monoisotopic (exact) mass is 234 g/mol. The number of hydrogen-bond acceptors (Lipinski definition) is 2. The highest BCUT2D eigenvalue weighted by Gasteiger charge is 2.50. The molecule has 3 rings (SSSR count). The van der Waals surface area contributed by atoms with Crippen molar-refractivity contribution in [3.05, 3.63) is 11.6 Å². The van der Waals surface area contributed by atoms with E-state index in [1.807, 2.05) is 0 Å². The quantitative estimate of drug-likeness (QED) is 0.514. The second-order valence-corrected chi connectivity index (χ2v) is 6.11. The minimum Gasteiger partial charge on any atom is -0.457 e. The van der Waals surface area contributed by atoms with Crippen LogP contribution in [-0.4, -0.2) is 12.1 Å². The van der Waals surface area contributed by atoms with Gasteiger partial charge >= 0.3 is 5.97 Å². The first kappa shape index (κ1) is 11.3. The zero-order valence-electron chi connectivity index (χ0n) is 10.8. The van der Waals surface area contributed by atoms with Crippen LogP contribution in [0.15, 0.2) is 11.6 Å². The van der Waals surface area contributed by atoms with E-state index < -0.39 is 0 Å². The molecule has 0 radical (unpaired) electrons. The van der Waals surface area contributed by atoms with Crippen LogP contribution in [0.4, 0.5) is 0 Å². The zero-order valence-corrected chi connectivity index (χ0v) is 10.8. The summed E-state index contributed by atoms with van der Waals surface area (Å²) in [6, 6.07) is 0. The third-order valence-electron chi connectivity index (χ3n) is 5.16. The van der Waals surface area contributed by atoms with E-state index in [2.05, 4.69) is 19.9 Å². The summed E-state index contributed by atoms with van der Waals surface area (Å²) in [5.41, 5.74) is 1.41. The van der Waals surface area contributed by atoms with Gasteiger partial charge in [-0.3, -0.25) is 4.79 Å². The minimum absolute atomic E-state index is 0.0400. The normalized spacial score (nSPS) is 45.4. The van der Waals surface area contributed by atoms with Crippen LogP contribution < -0.4 is 0 Å². The van der Waals surface area contributed by atoms with E-state index in [0.717, 1.165) is 6.42 Å². The second kappa shape index (κ2) is 4.15. The molecule has 94 valence electrons. The molecule has 5 atom stereocenters. The fraction of sp³-hybridized carbons (Fsp3) is 0.800. The fourth-order valence-corrected chi connectivity index (χ4v) is 4.13. The van der Waals surface area contributed by atoms with Gasteiger partial charge in [-0.2, -0.15) is 0 Å². The number of ether oxygens (including phenoxy) is 1. The van der Waals surface area contributed by atoms with Crippen LogP contribution in [0.25, 0.3) is 0 Å². The van der Waals surface area contributed by atoms with Crippen LogP contribution in [-0.2, 0) is 9.53 Å². The number of hydrogen-bond donors (Lipinski definition) is 0. The van der Waals surface area contributed by atoms with Gasteiger partial charge < -0.3 is 4.74 Å². The lowest BCUT2D eigenvalue weighted by Crippen LogP contribution is -2.44. The van der Waals surface area contributed by atoms with Crippen molar-refractivity contribution in [3.63, 3.8) is 0 Å².